The minimum atomic E-state index is -0.665. The highest BCUT2D eigenvalue weighted by Crippen LogP contribution is 2.31. The number of amides is 1. The minimum absolute atomic E-state index is 0.0176. The van der Waals surface area contributed by atoms with Gasteiger partial charge in [-0.1, -0.05) is 23.7 Å². The van der Waals surface area contributed by atoms with Crippen LogP contribution in [0.1, 0.15) is 23.0 Å². The van der Waals surface area contributed by atoms with Gasteiger partial charge in [0.1, 0.15) is 10.8 Å². The van der Waals surface area contributed by atoms with Crippen LogP contribution in [0, 0.1) is 0 Å². The second kappa shape index (κ2) is 10.1. The van der Waals surface area contributed by atoms with Gasteiger partial charge in [-0.25, -0.2) is 4.79 Å². The number of anilines is 1. The van der Waals surface area contributed by atoms with E-state index in [4.69, 9.17) is 21.1 Å². The number of halogens is 1. The molecule has 2 aromatic carbocycles. The van der Waals surface area contributed by atoms with Crippen molar-refractivity contribution in [2.45, 2.75) is 13.3 Å². The second-order valence-corrected chi connectivity index (χ2v) is 8.51. The molecule has 2 aromatic heterocycles. The van der Waals surface area contributed by atoms with Gasteiger partial charge >= 0.3 is 5.97 Å². The van der Waals surface area contributed by atoms with Gasteiger partial charge in [0.15, 0.2) is 5.69 Å². The van der Waals surface area contributed by atoms with Crippen LogP contribution in [0.2, 0.25) is 5.02 Å². The maximum absolute atomic E-state index is 13.4. The first-order valence-electron chi connectivity index (χ1n) is 10.3. The first-order valence-corrected chi connectivity index (χ1v) is 11.6. The molecule has 10 heteroatoms. The molecule has 0 radical (unpaired) electrons. The largest absolute Gasteiger partial charge is 0.497 e. The predicted molar refractivity (Wildman–Crippen MR) is 132 cm³/mol. The van der Waals surface area contributed by atoms with Crippen molar-refractivity contribution < 1.29 is 19.1 Å². The highest BCUT2D eigenvalue weighted by Gasteiger charge is 2.23. The van der Waals surface area contributed by atoms with Crippen molar-refractivity contribution in [3.8, 4) is 11.4 Å². The van der Waals surface area contributed by atoms with Crippen LogP contribution in [0.3, 0.4) is 0 Å². The molecular formula is C24H20ClN3O5S. The SMILES string of the molecule is CCOC(=O)c1nn(-c2ccc(Cl)cc2)c(=O)c2c(NC(=O)Cc3cccc(OC)c3)scc12. The van der Waals surface area contributed by atoms with Gasteiger partial charge in [0.05, 0.1) is 31.2 Å². The normalized spacial score (nSPS) is 10.8. The van der Waals surface area contributed by atoms with Crippen LogP contribution >= 0.6 is 22.9 Å². The highest BCUT2D eigenvalue weighted by molar-refractivity contribution is 7.16. The van der Waals surface area contributed by atoms with Crippen molar-refractivity contribution in [1.29, 1.82) is 0 Å². The Labute approximate surface area is 203 Å². The van der Waals surface area contributed by atoms with Crippen molar-refractivity contribution in [2.24, 2.45) is 0 Å². The smallest absolute Gasteiger partial charge is 0.359 e. The van der Waals surface area contributed by atoms with Gasteiger partial charge in [0.2, 0.25) is 5.91 Å². The lowest BCUT2D eigenvalue weighted by molar-refractivity contribution is -0.115. The number of nitrogens with zero attached hydrogens (tertiary/aromatic N) is 2. The molecule has 0 atom stereocenters. The fourth-order valence-electron chi connectivity index (χ4n) is 3.39. The van der Waals surface area contributed by atoms with E-state index in [1.54, 1.807) is 61.9 Å². The van der Waals surface area contributed by atoms with Crippen LogP contribution in [0.25, 0.3) is 16.5 Å². The van der Waals surface area contributed by atoms with Crippen LogP contribution in [0.5, 0.6) is 5.75 Å². The Morgan fingerprint density at radius 1 is 1.18 bits per heavy atom. The summed E-state index contributed by atoms with van der Waals surface area (Å²) in [6, 6.07) is 13.6. The molecule has 34 heavy (non-hydrogen) atoms. The lowest BCUT2D eigenvalue weighted by Crippen LogP contribution is -2.25. The molecule has 0 aliphatic heterocycles. The molecule has 0 saturated heterocycles. The fraction of sp³-hybridized carbons (Fsp3) is 0.167. The third kappa shape index (κ3) is 4.80. The van der Waals surface area contributed by atoms with E-state index in [0.717, 1.165) is 21.6 Å². The van der Waals surface area contributed by atoms with E-state index in [2.05, 4.69) is 10.4 Å². The number of hydrogen-bond acceptors (Lipinski definition) is 7. The van der Waals surface area contributed by atoms with Crippen LogP contribution in [-0.2, 0) is 16.0 Å². The van der Waals surface area contributed by atoms with E-state index < -0.39 is 11.5 Å². The summed E-state index contributed by atoms with van der Waals surface area (Å²) >= 11 is 7.11. The fourth-order valence-corrected chi connectivity index (χ4v) is 4.47. The van der Waals surface area contributed by atoms with Crippen molar-refractivity contribution in [3.05, 3.63) is 80.5 Å². The molecule has 4 rings (SSSR count). The molecule has 0 fully saturated rings. The standard InChI is InChI=1S/C24H20ClN3O5S/c1-3-33-24(31)21-18-13-34-22(26-19(29)12-14-5-4-6-17(11-14)32-2)20(18)23(30)28(27-21)16-9-7-15(25)8-10-16/h4-11,13H,3,12H2,1-2H3,(H,26,29). The summed E-state index contributed by atoms with van der Waals surface area (Å²) in [6.45, 7) is 1.83. The molecule has 0 saturated carbocycles. The Kier molecular flexibility index (Phi) is 6.95. The first-order chi connectivity index (χ1) is 16.4. The molecular weight excluding hydrogens is 478 g/mol. The molecule has 8 nitrogen and oxygen atoms in total. The molecule has 1 N–H and O–H groups in total. The maximum atomic E-state index is 13.4. The minimum Gasteiger partial charge on any atom is -0.497 e. The summed E-state index contributed by atoms with van der Waals surface area (Å²) in [4.78, 5) is 38.8. The van der Waals surface area contributed by atoms with Gasteiger partial charge in [-0.2, -0.15) is 9.78 Å². The number of hydrogen-bond donors (Lipinski definition) is 1. The number of rotatable bonds is 7. The third-order valence-corrected chi connectivity index (χ3v) is 6.09. The number of thiophene rings is 1. The molecule has 1 amide bonds. The molecule has 0 spiro atoms. The summed E-state index contributed by atoms with van der Waals surface area (Å²) in [5.41, 5.74) is 0.672. The first kappa shape index (κ1) is 23.5. The Morgan fingerprint density at radius 2 is 1.94 bits per heavy atom. The zero-order valence-electron chi connectivity index (χ0n) is 18.3. The Bertz CT molecular complexity index is 1430. The van der Waals surface area contributed by atoms with Gasteiger partial charge in [0.25, 0.3) is 5.56 Å². The predicted octanol–water partition coefficient (Wildman–Crippen LogP) is 4.47. The average Bonchev–Trinajstić information content (AvgIpc) is 3.24. The maximum Gasteiger partial charge on any atom is 0.359 e. The van der Waals surface area contributed by atoms with Crippen molar-refractivity contribution >= 4 is 50.6 Å². The average molecular weight is 498 g/mol. The number of ether oxygens (including phenoxy) is 2. The van der Waals surface area contributed by atoms with Crippen molar-refractivity contribution in [3.63, 3.8) is 0 Å². The number of fused-ring (bicyclic) bond motifs is 1. The molecule has 0 unspecified atom stereocenters. The van der Waals surface area contributed by atoms with Gasteiger partial charge in [-0.3, -0.25) is 9.59 Å². The van der Waals surface area contributed by atoms with Crippen LogP contribution < -0.4 is 15.6 Å². The monoisotopic (exact) mass is 497 g/mol. The summed E-state index contributed by atoms with van der Waals surface area (Å²) in [5, 5.41) is 9.99. The molecule has 0 aliphatic rings. The number of methoxy groups -OCH3 is 1. The van der Waals surface area contributed by atoms with Crippen LogP contribution in [0.4, 0.5) is 5.00 Å². The Hall–Kier alpha value is -3.69. The molecule has 2 heterocycles. The summed E-state index contributed by atoms with van der Waals surface area (Å²) in [6.07, 6.45) is 0.0811. The summed E-state index contributed by atoms with van der Waals surface area (Å²) < 4.78 is 11.5. The van der Waals surface area contributed by atoms with Gasteiger partial charge in [0, 0.05) is 15.8 Å². The Balaban J connectivity index is 1.77. The zero-order chi connectivity index (χ0) is 24.2. The number of aromatic nitrogens is 2. The van der Waals surface area contributed by atoms with E-state index in [9.17, 15) is 14.4 Å². The summed E-state index contributed by atoms with van der Waals surface area (Å²) in [5.74, 6) is -0.339. The van der Waals surface area contributed by atoms with Crippen molar-refractivity contribution in [2.75, 3.05) is 19.0 Å². The highest BCUT2D eigenvalue weighted by atomic mass is 35.5. The quantitative estimate of drug-likeness (QED) is 0.378. The molecule has 4 aromatic rings. The number of carbonyl (C=O) groups is 2. The molecule has 174 valence electrons. The topological polar surface area (TPSA) is 99.5 Å². The molecule has 0 bridgehead atoms. The van der Waals surface area contributed by atoms with E-state index in [-0.39, 0.29) is 30.0 Å². The number of benzene rings is 2. The molecule has 0 aliphatic carbocycles. The van der Waals surface area contributed by atoms with Crippen molar-refractivity contribution in [1.82, 2.24) is 9.78 Å². The Morgan fingerprint density at radius 3 is 2.65 bits per heavy atom. The lowest BCUT2D eigenvalue weighted by atomic mass is 10.1. The van der Waals surface area contributed by atoms with Gasteiger partial charge in [-0.05, 0) is 48.9 Å². The van der Waals surface area contributed by atoms with E-state index in [0.29, 0.717) is 26.8 Å². The van der Waals surface area contributed by atoms with Crippen LogP contribution in [-0.4, -0.2) is 35.4 Å². The van der Waals surface area contributed by atoms with E-state index in [1.807, 2.05) is 6.07 Å². The van der Waals surface area contributed by atoms with Gasteiger partial charge < -0.3 is 14.8 Å². The second-order valence-electron chi connectivity index (χ2n) is 7.19. The number of nitrogens with one attached hydrogen (secondary N) is 1. The van der Waals surface area contributed by atoms with E-state index in [1.165, 1.54) is 0 Å². The van der Waals surface area contributed by atoms with Gasteiger partial charge in [-0.15, -0.1) is 11.3 Å². The zero-order valence-corrected chi connectivity index (χ0v) is 19.9. The third-order valence-electron chi connectivity index (χ3n) is 4.94. The van der Waals surface area contributed by atoms with E-state index >= 15 is 0 Å². The summed E-state index contributed by atoms with van der Waals surface area (Å²) in [7, 11) is 1.55. The number of carbonyl (C=O) groups excluding carboxylic acids is 2. The van der Waals surface area contributed by atoms with Crippen LogP contribution in [0.15, 0.2) is 58.7 Å². The number of esters is 1. The lowest BCUT2D eigenvalue weighted by Gasteiger charge is -2.10.